The summed E-state index contributed by atoms with van der Waals surface area (Å²) in [6, 6.07) is 5.88. The van der Waals surface area contributed by atoms with Crippen LogP contribution in [0.25, 0.3) is 0 Å². The average molecular weight is 229 g/mol. The lowest BCUT2D eigenvalue weighted by atomic mass is 10.1. The highest BCUT2D eigenvalue weighted by Gasteiger charge is 2.09. The Morgan fingerprint density at radius 1 is 1.36 bits per heavy atom. The van der Waals surface area contributed by atoms with Crippen molar-refractivity contribution in [1.29, 1.82) is 0 Å². The number of thioether (sulfide) groups is 2. The third-order valence-corrected chi connectivity index (χ3v) is 3.56. The van der Waals surface area contributed by atoms with Crippen LogP contribution in [0.2, 0.25) is 0 Å². The van der Waals surface area contributed by atoms with Crippen molar-refractivity contribution in [2.75, 3.05) is 19.1 Å². The van der Waals surface area contributed by atoms with Crippen LogP contribution in [0.3, 0.4) is 0 Å². The molecule has 0 radical (unpaired) electrons. The molecule has 1 aromatic rings. The summed E-state index contributed by atoms with van der Waals surface area (Å²) >= 11 is 3.37. The molecule has 0 aromatic heterocycles. The lowest BCUT2D eigenvalue weighted by Gasteiger charge is -2.13. The molecule has 1 unspecified atom stereocenters. The van der Waals surface area contributed by atoms with E-state index in [9.17, 15) is 0 Å². The number of nitrogens with two attached hydrogens (primary N) is 1. The van der Waals surface area contributed by atoms with Gasteiger partial charge in [0.25, 0.3) is 0 Å². The largest absolute Gasteiger partial charge is 0.394 e. The lowest BCUT2D eigenvalue weighted by molar-refractivity contribution is 0.266. The van der Waals surface area contributed by atoms with Crippen molar-refractivity contribution in [3.63, 3.8) is 0 Å². The van der Waals surface area contributed by atoms with Crippen LogP contribution < -0.4 is 5.73 Å². The van der Waals surface area contributed by atoms with Crippen LogP contribution in [0.1, 0.15) is 11.6 Å². The molecule has 0 heterocycles. The van der Waals surface area contributed by atoms with Gasteiger partial charge >= 0.3 is 0 Å². The van der Waals surface area contributed by atoms with E-state index in [1.807, 2.05) is 24.6 Å². The zero-order valence-corrected chi connectivity index (χ0v) is 9.99. The van der Waals surface area contributed by atoms with Crippen molar-refractivity contribution in [1.82, 2.24) is 0 Å². The maximum Gasteiger partial charge on any atom is 0.0624 e. The second-order valence-electron chi connectivity index (χ2n) is 2.90. The Morgan fingerprint density at radius 2 is 2.07 bits per heavy atom. The second kappa shape index (κ2) is 5.66. The van der Waals surface area contributed by atoms with E-state index >= 15 is 0 Å². The number of benzene rings is 1. The minimum Gasteiger partial charge on any atom is -0.394 e. The van der Waals surface area contributed by atoms with Crippen LogP contribution in [-0.4, -0.2) is 24.2 Å². The van der Waals surface area contributed by atoms with Gasteiger partial charge in [-0.05, 0) is 30.2 Å². The van der Waals surface area contributed by atoms with E-state index in [0.29, 0.717) is 0 Å². The molecule has 0 saturated carbocycles. The lowest BCUT2D eigenvalue weighted by Crippen LogP contribution is -2.15. The topological polar surface area (TPSA) is 46.2 Å². The Kier molecular flexibility index (Phi) is 4.81. The predicted molar refractivity (Wildman–Crippen MR) is 64.0 cm³/mol. The van der Waals surface area contributed by atoms with Crippen LogP contribution in [0.5, 0.6) is 0 Å². The van der Waals surface area contributed by atoms with Gasteiger partial charge in [-0.25, -0.2) is 0 Å². The summed E-state index contributed by atoms with van der Waals surface area (Å²) in [5, 5.41) is 9.00. The van der Waals surface area contributed by atoms with E-state index in [0.717, 1.165) is 10.5 Å². The summed E-state index contributed by atoms with van der Waals surface area (Å²) in [4.78, 5) is 2.38. The molecule has 0 aliphatic rings. The molecule has 0 aliphatic heterocycles. The van der Waals surface area contributed by atoms with E-state index < -0.39 is 0 Å². The average Bonchev–Trinajstić information content (AvgIpc) is 2.27. The van der Waals surface area contributed by atoms with Crippen molar-refractivity contribution in [3.8, 4) is 0 Å². The molecular weight excluding hydrogens is 214 g/mol. The smallest absolute Gasteiger partial charge is 0.0624 e. The van der Waals surface area contributed by atoms with Crippen LogP contribution in [0.15, 0.2) is 28.0 Å². The van der Waals surface area contributed by atoms with Gasteiger partial charge in [-0.2, -0.15) is 0 Å². The van der Waals surface area contributed by atoms with Gasteiger partial charge in [0, 0.05) is 9.79 Å². The van der Waals surface area contributed by atoms with Gasteiger partial charge in [0.1, 0.15) is 0 Å². The maximum atomic E-state index is 9.00. The molecule has 4 heteroatoms. The molecule has 1 rings (SSSR count). The Bertz CT molecular complexity index is 304. The predicted octanol–water partition coefficient (Wildman–Crippen LogP) is 2.12. The van der Waals surface area contributed by atoms with E-state index in [1.54, 1.807) is 23.5 Å². The first-order valence-corrected chi connectivity index (χ1v) is 6.76. The van der Waals surface area contributed by atoms with Gasteiger partial charge in [0.05, 0.1) is 12.6 Å². The van der Waals surface area contributed by atoms with Crippen molar-refractivity contribution < 1.29 is 5.11 Å². The number of hydrogen-bond acceptors (Lipinski definition) is 4. The molecule has 0 saturated heterocycles. The fraction of sp³-hybridized carbons (Fsp3) is 0.400. The standard InChI is InChI=1S/C10H15NOS2/c1-13-7-3-4-8(9(11)6-12)10(5-7)14-2/h3-5,9,12H,6,11H2,1-2H3. The summed E-state index contributed by atoms with van der Waals surface area (Å²) in [5.74, 6) is 0. The molecular formula is C10H15NOS2. The molecule has 1 aromatic carbocycles. The van der Waals surface area contributed by atoms with Crippen LogP contribution in [0, 0.1) is 0 Å². The third kappa shape index (κ3) is 2.67. The number of aliphatic hydroxyl groups excluding tert-OH is 1. The van der Waals surface area contributed by atoms with Gasteiger partial charge < -0.3 is 10.8 Å². The summed E-state index contributed by atoms with van der Waals surface area (Å²) in [5.41, 5.74) is 6.82. The number of rotatable bonds is 4. The first kappa shape index (κ1) is 11.9. The minimum absolute atomic E-state index is 0.00776. The summed E-state index contributed by atoms with van der Waals surface area (Å²) in [6.45, 7) is -0.00776. The highest BCUT2D eigenvalue weighted by Crippen LogP contribution is 2.29. The fourth-order valence-corrected chi connectivity index (χ4v) is 2.44. The highest BCUT2D eigenvalue weighted by molar-refractivity contribution is 7.99. The quantitative estimate of drug-likeness (QED) is 0.776. The molecule has 1 atom stereocenters. The van der Waals surface area contributed by atoms with Crippen molar-refractivity contribution in [2.24, 2.45) is 5.73 Å². The molecule has 0 bridgehead atoms. The summed E-state index contributed by atoms with van der Waals surface area (Å²) < 4.78 is 0. The molecule has 2 nitrogen and oxygen atoms in total. The monoisotopic (exact) mass is 229 g/mol. The molecule has 14 heavy (non-hydrogen) atoms. The van der Waals surface area contributed by atoms with E-state index in [1.165, 1.54) is 4.90 Å². The zero-order chi connectivity index (χ0) is 10.6. The van der Waals surface area contributed by atoms with E-state index in [-0.39, 0.29) is 12.6 Å². The van der Waals surface area contributed by atoms with Gasteiger partial charge in [-0.3, -0.25) is 0 Å². The Hall–Kier alpha value is -0.160. The fourth-order valence-electron chi connectivity index (χ4n) is 1.22. The molecule has 78 valence electrons. The SMILES string of the molecule is CSc1ccc(C(N)CO)c(SC)c1. The highest BCUT2D eigenvalue weighted by atomic mass is 32.2. The zero-order valence-electron chi connectivity index (χ0n) is 8.36. The van der Waals surface area contributed by atoms with E-state index in [2.05, 4.69) is 6.07 Å². The minimum atomic E-state index is -0.270. The van der Waals surface area contributed by atoms with Gasteiger partial charge in [0.15, 0.2) is 0 Å². The van der Waals surface area contributed by atoms with Crippen molar-refractivity contribution in [3.05, 3.63) is 23.8 Å². The molecule has 0 fully saturated rings. The normalized spacial score (nSPS) is 12.9. The Morgan fingerprint density at radius 3 is 2.57 bits per heavy atom. The first-order chi connectivity index (χ1) is 6.72. The van der Waals surface area contributed by atoms with Gasteiger partial charge in [-0.15, -0.1) is 23.5 Å². The van der Waals surface area contributed by atoms with Crippen LogP contribution in [0.4, 0.5) is 0 Å². The Balaban J connectivity index is 3.04. The number of hydrogen-bond donors (Lipinski definition) is 2. The summed E-state index contributed by atoms with van der Waals surface area (Å²) in [7, 11) is 0. The third-order valence-electron chi connectivity index (χ3n) is 2.04. The summed E-state index contributed by atoms with van der Waals surface area (Å²) in [6.07, 6.45) is 4.07. The number of aliphatic hydroxyl groups is 1. The van der Waals surface area contributed by atoms with Crippen molar-refractivity contribution >= 4 is 23.5 Å². The Labute approximate surface area is 93.3 Å². The molecule has 3 N–H and O–H groups in total. The molecule has 0 spiro atoms. The molecule has 0 aliphatic carbocycles. The van der Waals surface area contributed by atoms with Crippen molar-refractivity contribution in [2.45, 2.75) is 15.8 Å². The second-order valence-corrected chi connectivity index (χ2v) is 4.62. The maximum absolute atomic E-state index is 9.00. The van der Waals surface area contributed by atoms with Crippen LogP contribution in [-0.2, 0) is 0 Å². The van der Waals surface area contributed by atoms with Gasteiger partial charge in [-0.1, -0.05) is 6.07 Å². The molecule has 0 amide bonds. The first-order valence-electron chi connectivity index (χ1n) is 4.31. The van der Waals surface area contributed by atoms with E-state index in [4.69, 9.17) is 10.8 Å². The van der Waals surface area contributed by atoms with Crippen LogP contribution >= 0.6 is 23.5 Å². The van der Waals surface area contributed by atoms with Gasteiger partial charge in [0.2, 0.25) is 0 Å².